The van der Waals surface area contributed by atoms with E-state index in [-0.39, 0.29) is 27.8 Å². The Labute approximate surface area is 183 Å². The summed E-state index contributed by atoms with van der Waals surface area (Å²) in [6, 6.07) is 17.2. The molecule has 0 aliphatic carbocycles. The number of aromatic carboxylic acids is 1. The third-order valence-corrected chi connectivity index (χ3v) is 5.54. The Kier molecular flexibility index (Phi) is 4.72. The van der Waals surface area contributed by atoms with E-state index < -0.39 is 17.8 Å². The van der Waals surface area contributed by atoms with Gasteiger partial charge in [0.15, 0.2) is 5.76 Å². The summed E-state index contributed by atoms with van der Waals surface area (Å²) in [5.74, 6) is -2.88. The maximum atomic E-state index is 12.6. The fourth-order valence-corrected chi connectivity index (χ4v) is 4.05. The van der Waals surface area contributed by atoms with Crippen molar-refractivity contribution in [3.63, 3.8) is 0 Å². The molecule has 2 aromatic carbocycles. The van der Waals surface area contributed by atoms with Crippen molar-refractivity contribution in [1.82, 2.24) is 0 Å². The van der Waals surface area contributed by atoms with Crippen LogP contribution in [0.3, 0.4) is 0 Å². The largest absolute Gasteiger partial charge is 0.477 e. The number of anilines is 1. The zero-order chi connectivity index (χ0) is 22.2. The third-order valence-electron chi connectivity index (χ3n) is 4.68. The molecule has 3 heterocycles. The number of hydrogen-bond donors (Lipinski definition) is 2. The first-order valence-corrected chi connectivity index (χ1v) is 10.2. The van der Waals surface area contributed by atoms with Gasteiger partial charge in [-0.25, -0.2) is 9.59 Å². The van der Waals surface area contributed by atoms with E-state index in [0.29, 0.717) is 16.6 Å². The molecular weight excluding hydrogens is 434 g/mol. The van der Waals surface area contributed by atoms with E-state index in [1.54, 1.807) is 48.5 Å². The fraction of sp³-hybridized carbons (Fsp3) is 0. The molecule has 3 aromatic heterocycles. The van der Waals surface area contributed by atoms with Crippen molar-refractivity contribution in [1.29, 1.82) is 0 Å². The predicted molar refractivity (Wildman–Crippen MR) is 117 cm³/mol. The van der Waals surface area contributed by atoms with Crippen LogP contribution in [0.4, 0.5) is 5.69 Å². The van der Waals surface area contributed by atoms with E-state index in [0.717, 1.165) is 16.7 Å². The molecule has 0 fully saturated rings. The Morgan fingerprint density at radius 1 is 0.875 bits per heavy atom. The lowest BCUT2D eigenvalue weighted by Gasteiger charge is -2.04. The number of esters is 1. The molecule has 158 valence electrons. The first-order chi connectivity index (χ1) is 15.5. The van der Waals surface area contributed by atoms with Crippen molar-refractivity contribution in [2.24, 2.45) is 0 Å². The van der Waals surface area contributed by atoms with Crippen LogP contribution in [0.15, 0.2) is 74.9 Å². The average molecular weight is 447 g/mol. The molecule has 5 aromatic rings. The maximum absolute atomic E-state index is 12.6. The number of furan rings is 2. The second-order valence-electron chi connectivity index (χ2n) is 6.76. The normalized spacial score (nSPS) is 11.0. The van der Waals surface area contributed by atoms with Gasteiger partial charge in [0, 0.05) is 16.2 Å². The molecular formula is C23H13NO7S. The van der Waals surface area contributed by atoms with E-state index in [1.807, 2.05) is 6.07 Å². The van der Waals surface area contributed by atoms with Gasteiger partial charge in [0.1, 0.15) is 16.7 Å². The molecule has 0 unspecified atom stereocenters. The van der Waals surface area contributed by atoms with Crippen LogP contribution in [-0.4, -0.2) is 23.0 Å². The lowest BCUT2D eigenvalue weighted by molar-refractivity contribution is 0.0677. The van der Waals surface area contributed by atoms with Crippen molar-refractivity contribution in [3.05, 3.63) is 83.1 Å². The molecule has 0 aliphatic heterocycles. The molecule has 0 atom stereocenters. The van der Waals surface area contributed by atoms with Crippen LogP contribution in [0.2, 0.25) is 0 Å². The minimum atomic E-state index is -1.36. The lowest BCUT2D eigenvalue weighted by Crippen LogP contribution is -2.14. The third kappa shape index (κ3) is 3.50. The molecule has 9 heteroatoms. The number of carbonyl (C=O) groups excluding carboxylic acids is 2. The van der Waals surface area contributed by atoms with Crippen molar-refractivity contribution in [2.45, 2.75) is 0 Å². The minimum Gasteiger partial charge on any atom is -0.477 e. The van der Waals surface area contributed by atoms with Crippen LogP contribution in [0.5, 0.6) is 5.06 Å². The van der Waals surface area contributed by atoms with Crippen LogP contribution in [0, 0.1) is 0 Å². The van der Waals surface area contributed by atoms with Crippen LogP contribution in [-0.2, 0) is 0 Å². The standard InChI is InChI=1S/C23H13NO7S/c25-20(17-9-12-5-1-3-7-15(12)29-17)24-14-11-32-23(19(14)21(26)27)31-22(28)18-10-13-6-2-4-8-16(13)30-18/h1-11H,(H,24,25)(H,26,27). The molecule has 32 heavy (non-hydrogen) atoms. The number of para-hydroxylation sites is 2. The summed E-state index contributed by atoms with van der Waals surface area (Å²) in [5.41, 5.74) is 0.675. The SMILES string of the molecule is O=C(Nc1csc(OC(=O)c2cc3ccccc3o2)c1C(=O)O)c1cc2ccccc2o1. The molecule has 0 radical (unpaired) electrons. The summed E-state index contributed by atoms with van der Waals surface area (Å²) in [7, 11) is 0. The number of rotatable bonds is 5. The molecule has 0 aliphatic rings. The Morgan fingerprint density at radius 2 is 1.47 bits per heavy atom. The summed E-state index contributed by atoms with van der Waals surface area (Å²) in [6.07, 6.45) is 0. The number of thiophene rings is 1. The second-order valence-corrected chi connectivity index (χ2v) is 7.60. The van der Waals surface area contributed by atoms with Gasteiger partial charge in [-0.3, -0.25) is 4.79 Å². The Balaban J connectivity index is 1.40. The topological polar surface area (TPSA) is 119 Å². The molecule has 0 spiro atoms. The Bertz CT molecular complexity index is 1340. The predicted octanol–water partition coefficient (Wildman–Crippen LogP) is 5.41. The van der Waals surface area contributed by atoms with Crippen molar-refractivity contribution in [3.8, 4) is 5.06 Å². The smallest absolute Gasteiger partial charge is 0.380 e. The molecule has 0 bridgehead atoms. The summed E-state index contributed by atoms with van der Waals surface area (Å²) in [5, 5.41) is 14.8. The number of benzene rings is 2. The van der Waals surface area contributed by atoms with Gasteiger partial charge in [0.2, 0.25) is 10.8 Å². The monoisotopic (exact) mass is 447 g/mol. The van der Waals surface area contributed by atoms with Gasteiger partial charge in [-0.05, 0) is 24.3 Å². The number of fused-ring (bicyclic) bond motifs is 2. The second kappa shape index (κ2) is 7.71. The summed E-state index contributed by atoms with van der Waals surface area (Å²) >= 11 is 0.866. The van der Waals surface area contributed by atoms with E-state index in [4.69, 9.17) is 13.6 Å². The Morgan fingerprint density at radius 3 is 2.09 bits per heavy atom. The minimum absolute atomic E-state index is 0.0136. The van der Waals surface area contributed by atoms with Gasteiger partial charge in [0.05, 0.1) is 5.69 Å². The molecule has 8 nitrogen and oxygen atoms in total. The van der Waals surface area contributed by atoms with E-state index in [1.165, 1.54) is 11.4 Å². The van der Waals surface area contributed by atoms with Crippen LogP contribution < -0.4 is 10.1 Å². The van der Waals surface area contributed by atoms with Crippen molar-refractivity contribution >= 4 is 56.8 Å². The molecule has 2 N–H and O–H groups in total. The van der Waals surface area contributed by atoms with E-state index in [2.05, 4.69) is 5.32 Å². The lowest BCUT2D eigenvalue weighted by atomic mass is 10.2. The summed E-state index contributed by atoms with van der Waals surface area (Å²) in [4.78, 5) is 36.9. The first kappa shape index (κ1) is 19.6. The van der Waals surface area contributed by atoms with Crippen LogP contribution >= 0.6 is 11.3 Å². The highest BCUT2D eigenvalue weighted by Gasteiger charge is 2.26. The molecule has 0 saturated carbocycles. The van der Waals surface area contributed by atoms with E-state index in [9.17, 15) is 19.5 Å². The highest BCUT2D eigenvalue weighted by molar-refractivity contribution is 7.13. The van der Waals surface area contributed by atoms with Crippen LogP contribution in [0.1, 0.15) is 31.5 Å². The van der Waals surface area contributed by atoms with Gasteiger partial charge in [0.25, 0.3) is 5.91 Å². The highest BCUT2D eigenvalue weighted by atomic mass is 32.1. The van der Waals surface area contributed by atoms with Gasteiger partial charge in [-0.1, -0.05) is 36.4 Å². The number of nitrogens with one attached hydrogen (secondary N) is 1. The van der Waals surface area contributed by atoms with Crippen molar-refractivity contribution < 1.29 is 33.1 Å². The number of carbonyl (C=O) groups is 3. The maximum Gasteiger partial charge on any atom is 0.380 e. The zero-order valence-electron chi connectivity index (χ0n) is 16.2. The van der Waals surface area contributed by atoms with E-state index >= 15 is 0 Å². The number of carboxylic acid groups (broad SMARTS) is 1. The quantitative estimate of drug-likeness (QED) is 0.346. The summed E-state index contributed by atoms with van der Waals surface area (Å²) < 4.78 is 16.2. The van der Waals surface area contributed by atoms with Gasteiger partial charge in [-0.15, -0.1) is 11.3 Å². The van der Waals surface area contributed by atoms with Gasteiger partial charge >= 0.3 is 11.9 Å². The number of ether oxygens (including phenoxy) is 1. The molecule has 5 rings (SSSR count). The number of carboxylic acids is 1. The van der Waals surface area contributed by atoms with Gasteiger partial charge < -0.3 is 24.0 Å². The zero-order valence-corrected chi connectivity index (χ0v) is 17.0. The van der Waals surface area contributed by atoms with Crippen molar-refractivity contribution in [2.75, 3.05) is 5.32 Å². The summed E-state index contributed by atoms with van der Waals surface area (Å²) in [6.45, 7) is 0. The fourth-order valence-electron chi connectivity index (χ4n) is 3.20. The Hall–Kier alpha value is -4.37. The number of hydrogen-bond acceptors (Lipinski definition) is 7. The first-order valence-electron chi connectivity index (χ1n) is 9.35. The highest BCUT2D eigenvalue weighted by Crippen LogP contribution is 2.36. The number of amides is 1. The van der Waals surface area contributed by atoms with Crippen LogP contribution in [0.25, 0.3) is 21.9 Å². The average Bonchev–Trinajstić information content (AvgIpc) is 3.49. The molecule has 0 saturated heterocycles. The molecule has 1 amide bonds. The van der Waals surface area contributed by atoms with Gasteiger partial charge in [-0.2, -0.15) is 0 Å².